The Morgan fingerprint density at radius 2 is 1.75 bits per heavy atom. The van der Waals surface area contributed by atoms with Gasteiger partial charge < -0.3 is 4.57 Å². The third-order valence-corrected chi connectivity index (χ3v) is 4.53. The Morgan fingerprint density at radius 3 is 2.40 bits per heavy atom. The lowest BCUT2D eigenvalue weighted by Gasteiger charge is -2.03. The number of unbranched alkanes of at least 4 members (excludes halogenated alkanes) is 2. The van der Waals surface area contributed by atoms with Crippen LogP contribution >= 0.6 is 11.8 Å². The van der Waals surface area contributed by atoms with E-state index in [0.29, 0.717) is 11.2 Å². The summed E-state index contributed by atoms with van der Waals surface area (Å²) in [4.78, 5) is 28.5. The van der Waals surface area contributed by atoms with Crippen LogP contribution < -0.4 is 11.2 Å². The van der Waals surface area contributed by atoms with E-state index in [4.69, 9.17) is 0 Å². The maximum atomic E-state index is 12.2. The monoisotopic (exact) mass is 296 g/mol. The van der Waals surface area contributed by atoms with Crippen LogP contribution in [0.2, 0.25) is 0 Å². The quantitative estimate of drug-likeness (QED) is 0.615. The van der Waals surface area contributed by atoms with Gasteiger partial charge in [0.15, 0.2) is 16.3 Å². The third kappa shape index (κ3) is 2.42. The van der Waals surface area contributed by atoms with Crippen molar-refractivity contribution < 1.29 is 0 Å². The summed E-state index contributed by atoms with van der Waals surface area (Å²) in [6.45, 7) is 2.17. The minimum Gasteiger partial charge on any atom is -0.316 e. The van der Waals surface area contributed by atoms with Gasteiger partial charge in [-0.15, -0.1) is 0 Å². The molecule has 0 aliphatic carbocycles. The summed E-state index contributed by atoms with van der Waals surface area (Å²) in [5.74, 6) is 0.971. The molecule has 7 heteroatoms. The van der Waals surface area contributed by atoms with Gasteiger partial charge in [0.1, 0.15) is 0 Å². The van der Waals surface area contributed by atoms with Gasteiger partial charge in [-0.05, 0) is 6.42 Å². The lowest BCUT2D eigenvalue weighted by molar-refractivity contribution is 0.705. The lowest BCUT2D eigenvalue weighted by Crippen LogP contribution is -2.37. The van der Waals surface area contributed by atoms with E-state index >= 15 is 0 Å². The van der Waals surface area contributed by atoms with Crippen LogP contribution in [-0.4, -0.2) is 24.4 Å². The van der Waals surface area contributed by atoms with Crippen LogP contribution in [0, 0.1) is 0 Å². The van der Waals surface area contributed by atoms with Gasteiger partial charge in [-0.3, -0.25) is 13.9 Å². The minimum atomic E-state index is -0.344. The van der Waals surface area contributed by atoms with Crippen molar-refractivity contribution in [1.82, 2.24) is 18.7 Å². The van der Waals surface area contributed by atoms with Crippen molar-refractivity contribution in [2.24, 2.45) is 21.1 Å². The van der Waals surface area contributed by atoms with E-state index in [1.807, 2.05) is 7.05 Å². The van der Waals surface area contributed by atoms with E-state index in [0.717, 1.165) is 21.9 Å². The van der Waals surface area contributed by atoms with Crippen molar-refractivity contribution >= 4 is 22.9 Å². The van der Waals surface area contributed by atoms with Gasteiger partial charge in [0, 0.05) is 26.9 Å². The normalized spacial score (nSPS) is 11.4. The van der Waals surface area contributed by atoms with Crippen LogP contribution in [-0.2, 0) is 21.1 Å². The number of hydrogen-bond donors (Lipinski definition) is 0. The maximum absolute atomic E-state index is 12.2. The Morgan fingerprint density at radius 1 is 1.05 bits per heavy atom. The van der Waals surface area contributed by atoms with Crippen LogP contribution in [0.5, 0.6) is 0 Å². The minimum absolute atomic E-state index is 0.293. The third-order valence-electron chi connectivity index (χ3n) is 3.41. The predicted octanol–water partition coefficient (Wildman–Crippen LogP) is 1.25. The summed E-state index contributed by atoms with van der Waals surface area (Å²) in [5, 5.41) is 0.786. The molecule has 2 aromatic heterocycles. The standard InChI is InChI=1S/C13H20N4O2S/c1-5-6-7-8-20-12-14-10-9(15(12)2)11(18)17(4)13(19)16(10)3/h5-8H2,1-4H3. The topological polar surface area (TPSA) is 61.8 Å². The number of aryl methyl sites for hydroxylation is 2. The van der Waals surface area contributed by atoms with Gasteiger partial charge in [0.25, 0.3) is 5.56 Å². The maximum Gasteiger partial charge on any atom is 0.332 e. The average Bonchev–Trinajstić information content (AvgIpc) is 2.76. The summed E-state index contributed by atoms with van der Waals surface area (Å²) >= 11 is 1.63. The molecule has 2 aromatic rings. The zero-order valence-electron chi connectivity index (χ0n) is 12.3. The number of nitrogens with zero attached hydrogens (tertiary/aromatic N) is 4. The zero-order valence-corrected chi connectivity index (χ0v) is 13.2. The molecular weight excluding hydrogens is 276 g/mol. The number of imidazole rings is 1. The SMILES string of the molecule is CCCCCSc1nc2c(c(=O)n(C)c(=O)n2C)n1C. The van der Waals surface area contributed by atoms with Crippen LogP contribution in [0.15, 0.2) is 14.7 Å². The molecule has 0 N–H and O–H groups in total. The lowest BCUT2D eigenvalue weighted by atomic mass is 10.3. The van der Waals surface area contributed by atoms with Crippen LogP contribution in [0.1, 0.15) is 26.2 Å². The number of fused-ring (bicyclic) bond motifs is 1. The molecule has 0 aliphatic rings. The highest BCUT2D eigenvalue weighted by molar-refractivity contribution is 7.99. The molecule has 2 heterocycles. The second-order valence-electron chi connectivity index (χ2n) is 4.89. The van der Waals surface area contributed by atoms with Crippen molar-refractivity contribution in [2.75, 3.05) is 5.75 Å². The highest BCUT2D eigenvalue weighted by atomic mass is 32.2. The fourth-order valence-electron chi connectivity index (χ4n) is 2.14. The molecule has 20 heavy (non-hydrogen) atoms. The van der Waals surface area contributed by atoms with Gasteiger partial charge >= 0.3 is 5.69 Å². The van der Waals surface area contributed by atoms with Gasteiger partial charge in [0.2, 0.25) is 0 Å². The summed E-state index contributed by atoms with van der Waals surface area (Å²) in [6.07, 6.45) is 3.50. The molecule has 0 aliphatic heterocycles. The molecule has 0 amide bonds. The number of hydrogen-bond acceptors (Lipinski definition) is 4. The van der Waals surface area contributed by atoms with Gasteiger partial charge in [0.05, 0.1) is 0 Å². The fourth-order valence-corrected chi connectivity index (χ4v) is 3.11. The van der Waals surface area contributed by atoms with Crippen molar-refractivity contribution in [3.05, 3.63) is 20.8 Å². The Bertz CT molecular complexity index is 741. The van der Waals surface area contributed by atoms with Crippen molar-refractivity contribution in [1.29, 1.82) is 0 Å². The number of rotatable bonds is 5. The van der Waals surface area contributed by atoms with E-state index in [9.17, 15) is 9.59 Å². The molecule has 110 valence electrons. The first-order valence-corrected chi connectivity index (χ1v) is 7.72. The van der Waals surface area contributed by atoms with Crippen LogP contribution in [0.4, 0.5) is 0 Å². The summed E-state index contributed by atoms with van der Waals surface area (Å²) in [7, 11) is 4.96. The van der Waals surface area contributed by atoms with E-state index in [1.54, 1.807) is 23.4 Å². The molecule has 0 aromatic carbocycles. The largest absolute Gasteiger partial charge is 0.332 e. The van der Waals surface area contributed by atoms with Gasteiger partial charge in [-0.25, -0.2) is 9.78 Å². The Balaban J connectivity index is 2.48. The molecule has 0 fully saturated rings. The van der Waals surface area contributed by atoms with Gasteiger partial charge in [-0.2, -0.15) is 0 Å². The second-order valence-corrected chi connectivity index (χ2v) is 5.95. The molecule has 6 nitrogen and oxygen atoms in total. The average molecular weight is 296 g/mol. The predicted molar refractivity (Wildman–Crippen MR) is 81.4 cm³/mol. The Hall–Kier alpha value is -1.50. The highest BCUT2D eigenvalue weighted by Gasteiger charge is 2.16. The van der Waals surface area contributed by atoms with Crippen molar-refractivity contribution in [3.8, 4) is 0 Å². The Labute approximate surface area is 121 Å². The molecule has 0 unspecified atom stereocenters. The Kier molecular flexibility index (Phi) is 4.37. The number of aromatic nitrogens is 4. The zero-order chi connectivity index (χ0) is 14.9. The smallest absolute Gasteiger partial charge is 0.316 e. The molecule has 0 atom stereocenters. The van der Waals surface area contributed by atoms with Gasteiger partial charge in [-0.1, -0.05) is 31.5 Å². The molecular formula is C13H20N4O2S. The van der Waals surface area contributed by atoms with E-state index in [2.05, 4.69) is 11.9 Å². The molecule has 2 rings (SSSR count). The van der Waals surface area contributed by atoms with E-state index < -0.39 is 0 Å². The van der Waals surface area contributed by atoms with Crippen LogP contribution in [0.3, 0.4) is 0 Å². The second kappa shape index (κ2) is 5.87. The van der Waals surface area contributed by atoms with Crippen molar-refractivity contribution in [2.45, 2.75) is 31.3 Å². The number of thioether (sulfide) groups is 1. The molecule has 0 spiro atoms. The fraction of sp³-hybridized carbons (Fsp3) is 0.615. The molecule has 0 radical (unpaired) electrons. The molecule has 0 saturated carbocycles. The first kappa shape index (κ1) is 14.9. The first-order valence-electron chi connectivity index (χ1n) is 6.74. The summed E-state index contributed by atoms with van der Waals surface area (Å²) in [6, 6.07) is 0. The van der Waals surface area contributed by atoms with Crippen LogP contribution in [0.25, 0.3) is 11.2 Å². The first-order chi connectivity index (χ1) is 9.49. The van der Waals surface area contributed by atoms with E-state index in [1.165, 1.54) is 24.5 Å². The summed E-state index contributed by atoms with van der Waals surface area (Å²) in [5.41, 5.74) is 0.299. The highest BCUT2D eigenvalue weighted by Crippen LogP contribution is 2.21. The molecule has 0 bridgehead atoms. The van der Waals surface area contributed by atoms with Crippen molar-refractivity contribution in [3.63, 3.8) is 0 Å². The molecule has 0 saturated heterocycles. The summed E-state index contributed by atoms with van der Waals surface area (Å²) < 4.78 is 4.33. The van der Waals surface area contributed by atoms with E-state index in [-0.39, 0.29) is 11.2 Å².